The second-order valence-corrected chi connectivity index (χ2v) is 5.98. The van der Waals surface area contributed by atoms with Gasteiger partial charge in [-0.05, 0) is 37.9 Å². The van der Waals surface area contributed by atoms with Crippen molar-refractivity contribution in [2.75, 3.05) is 26.4 Å². The summed E-state index contributed by atoms with van der Waals surface area (Å²) in [6.45, 7) is 11.4. The van der Waals surface area contributed by atoms with E-state index in [1.54, 1.807) is 0 Å². The van der Waals surface area contributed by atoms with E-state index in [1.165, 1.54) is 21.7 Å². The Hall–Kier alpha value is -0.420. The number of hydrogen-bond donors (Lipinski definition) is 1. The van der Waals surface area contributed by atoms with E-state index < -0.39 is 0 Å². The number of ether oxygens (including phenoxy) is 2. The summed E-state index contributed by atoms with van der Waals surface area (Å²) in [4.78, 5) is 2.76. The number of thiophene rings is 1. The van der Waals surface area contributed by atoms with Crippen LogP contribution in [0.4, 0.5) is 0 Å². The zero-order valence-corrected chi connectivity index (χ0v) is 13.3. The molecule has 0 fully saturated rings. The highest BCUT2D eigenvalue weighted by Gasteiger charge is 2.05. The van der Waals surface area contributed by atoms with Crippen LogP contribution in [0, 0.1) is 6.92 Å². The molecule has 0 saturated carbocycles. The van der Waals surface area contributed by atoms with Gasteiger partial charge in [-0.3, -0.25) is 0 Å². The Morgan fingerprint density at radius 1 is 1.11 bits per heavy atom. The van der Waals surface area contributed by atoms with Crippen LogP contribution >= 0.6 is 11.3 Å². The average Bonchev–Trinajstić information content (AvgIpc) is 2.75. The molecule has 1 heterocycles. The third-order valence-electron chi connectivity index (χ3n) is 2.78. The van der Waals surface area contributed by atoms with E-state index in [0.29, 0.717) is 19.8 Å². The molecule has 0 bridgehead atoms. The van der Waals surface area contributed by atoms with Crippen LogP contribution < -0.4 is 5.32 Å². The third kappa shape index (κ3) is 7.06. The predicted octanol–water partition coefficient (Wildman–Crippen LogP) is 3.50. The van der Waals surface area contributed by atoms with Gasteiger partial charge in [0.1, 0.15) is 0 Å². The van der Waals surface area contributed by atoms with Crippen LogP contribution in [-0.4, -0.2) is 26.4 Å². The van der Waals surface area contributed by atoms with Crippen LogP contribution in [0.5, 0.6) is 0 Å². The van der Waals surface area contributed by atoms with Crippen molar-refractivity contribution in [2.24, 2.45) is 0 Å². The molecule has 1 aromatic rings. The Morgan fingerprint density at radius 2 is 1.89 bits per heavy atom. The van der Waals surface area contributed by atoms with Gasteiger partial charge in [0, 0.05) is 22.9 Å². The fourth-order valence-electron chi connectivity index (χ4n) is 1.75. The third-order valence-corrected chi connectivity index (χ3v) is 3.87. The molecule has 0 amide bonds. The Kier molecular flexibility index (Phi) is 9.08. The average molecular weight is 285 g/mol. The standard InChI is InChI=1S/C15H27NO2S/c1-4-6-16-11-15-10-14(13(3)19-15)12-18-9-8-17-7-5-2/h10,16H,4-9,11-12H2,1-3H3. The van der Waals surface area contributed by atoms with E-state index in [9.17, 15) is 0 Å². The summed E-state index contributed by atoms with van der Waals surface area (Å²) in [5.74, 6) is 0. The summed E-state index contributed by atoms with van der Waals surface area (Å²) < 4.78 is 11.0. The first kappa shape index (κ1) is 16.6. The van der Waals surface area contributed by atoms with Crippen LogP contribution in [-0.2, 0) is 22.6 Å². The summed E-state index contributed by atoms with van der Waals surface area (Å²) >= 11 is 1.86. The first-order chi connectivity index (χ1) is 9.27. The molecule has 0 saturated heterocycles. The molecule has 0 aliphatic heterocycles. The highest BCUT2D eigenvalue weighted by atomic mass is 32.1. The van der Waals surface area contributed by atoms with Crippen molar-refractivity contribution >= 4 is 11.3 Å². The second-order valence-electron chi connectivity index (χ2n) is 4.64. The molecule has 1 aromatic heterocycles. The van der Waals surface area contributed by atoms with Gasteiger partial charge in [-0.25, -0.2) is 0 Å². The smallest absolute Gasteiger partial charge is 0.0728 e. The molecule has 19 heavy (non-hydrogen) atoms. The van der Waals surface area contributed by atoms with E-state index in [4.69, 9.17) is 9.47 Å². The maximum atomic E-state index is 5.65. The Balaban J connectivity index is 2.21. The maximum Gasteiger partial charge on any atom is 0.0728 e. The highest BCUT2D eigenvalue weighted by molar-refractivity contribution is 7.12. The molecular weight excluding hydrogens is 258 g/mol. The molecule has 1 rings (SSSR count). The Labute approximate surface area is 121 Å². The maximum absolute atomic E-state index is 5.65. The first-order valence-electron chi connectivity index (χ1n) is 7.22. The molecule has 0 radical (unpaired) electrons. The molecule has 0 aliphatic carbocycles. The lowest BCUT2D eigenvalue weighted by Gasteiger charge is -2.04. The number of rotatable bonds is 11. The van der Waals surface area contributed by atoms with Crippen LogP contribution in [0.2, 0.25) is 0 Å². The van der Waals surface area contributed by atoms with Gasteiger partial charge in [0.25, 0.3) is 0 Å². The van der Waals surface area contributed by atoms with Gasteiger partial charge >= 0.3 is 0 Å². The predicted molar refractivity (Wildman–Crippen MR) is 81.8 cm³/mol. The van der Waals surface area contributed by atoms with Gasteiger partial charge in [-0.1, -0.05) is 13.8 Å². The fraction of sp³-hybridized carbons (Fsp3) is 0.733. The van der Waals surface area contributed by atoms with Gasteiger partial charge in [-0.15, -0.1) is 11.3 Å². The van der Waals surface area contributed by atoms with E-state index in [2.05, 4.69) is 32.2 Å². The molecule has 0 spiro atoms. The Bertz CT molecular complexity index is 339. The number of hydrogen-bond acceptors (Lipinski definition) is 4. The van der Waals surface area contributed by atoms with Crippen LogP contribution in [0.3, 0.4) is 0 Å². The summed E-state index contributed by atoms with van der Waals surface area (Å²) in [6.07, 6.45) is 2.25. The minimum absolute atomic E-state index is 0.679. The minimum Gasteiger partial charge on any atom is -0.379 e. The molecule has 1 N–H and O–H groups in total. The van der Waals surface area contributed by atoms with Crippen molar-refractivity contribution < 1.29 is 9.47 Å². The molecule has 0 unspecified atom stereocenters. The molecule has 110 valence electrons. The first-order valence-corrected chi connectivity index (χ1v) is 8.04. The van der Waals surface area contributed by atoms with Crippen LogP contribution in [0.15, 0.2) is 6.07 Å². The zero-order chi connectivity index (χ0) is 13.9. The van der Waals surface area contributed by atoms with Gasteiger partial charge in [-0.2, -0.15) is 0 Å². The van der Waals surface area contributed by atoms with E-state index in [-0.39, 0.29) is 0 Å². The van der Waals surface area contributed by atoms with E-state index in [1.807, 2.05) is 11.3 Å². The number of aryl methyl sites for hydroxylation is 1. The Morgan fingerprint density at radius 3 is 2.63 bits per heavy atom. The quantitative estimate of drug-likeness (QED) is 0.631. The number of nitrogens with one attached hydrogen (secondary N) is 1. The monoisotopic (exact) mass is 285 g/mol. The largest absolute Gasteiger partial charge is 0.379 e. The second kappa shape index (κ2) is 10.4. The molecule has 4 heteroatoms. The minimum atomic E-state index is 0.679. The summed E-state index contributed by atoms with van der Waals surface area (Å²) in [6, 6.07) is 2.26. The van der Waals surface area contributed by atoms with Crippen LogP contribution in [0.1, 0.15) is 42.0 Å². The van der Waals surface area contributed by atoms with Gasteiger partial charge in [0.2, 0.25) is 0 Å². The van der Waals surface area contributed by atoms with Gasteiger partial charge in [0.05, 0.1) is 19.8 Å². The highest BCUT2D eigenvalue weighted by Crippen LogP contribution is 2.22. The molecule has 0 aliphatic rings. The molecule has 3 nitrogen and oxygen atoms in total. The SMILES string of the molecule is CCCNCc1cc(COCCOCCC)c(C)s1. The van der Waals surface area contributed by atoms with E-state index >= 15 is 0 Å². The molecular formula is C15H27NO2S. The normalized spacial score (nSPS) is 11.1. The van der Waals surface area contributed by atoms with Crippen molar-refractivity contribution in [1.29, 1.82) is 0 Å². The van der Waals surface area contributed by atoms with Crippen molar-refractivity contribution in [1.82, 2.24) is 5.32 Å². The summed E-state index contributed by atoms with van der Waals surface area (Å²) in [7, 11) is 0. The van der Waals surface area contributed by atoms with Crippen molar-refractivity contribution in [2.45, 2.75) is 46.8 Å². The topological polar surface area (TPSA) is 30.5 Å². The summed E-state index contributed by atoms with van der Waals surface area (Å²) in [5.41, 5.74) is 1.31. The van der Waals surface area contributed by atoms with Crippen LogP contribution in [0.25, 0.3) is 0 Å². The summed E-state index contributed by atoms with van der Waals surface area (Å²) in [5, 5.41) is 3.43. The van der Waals surface area contributed by atoms with Crippen molar-refractivity contribution in [3.05, 3.63) is 21.4 Å². The molecule has 0 atom stereocenters. The van der Waals surface area contributed by atoms with Crippen molar-refractivity contribution in [3.8, 4) is 0 Å². The lowest BCUT2D eigenvalue weighted by molar-refractivity contribution is 0.0408. The lowest BCUT2D eigenvalue weighted by atomic mass is 10.2. The lowest BCUT2D eigenvalue weighted by Crippen LogP contribution is -2.12. The van der Waals surface area contributed by atoms with E-state index in [0.717, 1.165) is 26.1 Å². The zero-order valence-electron chi connectivity index (χ0n) is 12.5. The van der Waals surface area contributed by atoms with Gasteiger partial charge < -0.3 is 14.8 Å². The van der Waals surface area contributed by atoms with Gasteiger partial charge in [0.15, 0.2) is 0 Å². The fourth-order valence-corrected chi connectivity index (χ4v) is 2.77. The van der Waals surface area contributed by atoms with Crippen molar-refractivity contribution in [3.63, 3.8) is 0 Å². The molecule has 0 aromatic carbocycles.